The number of hydrogen-bond donors (Lipinski definition) is 4. The zero-order chi connectivity index (χ0) is 43.9. The summed E-state index contributed by atoms with van der Waals surface area (Å²) in [6, 6.07) is 1.62. The zero-order valence-corrected chi connectivity index (χ0v) is 35.6. The van der Waals surface area contributed by atoms with Gasteiger partial charge in [-0.25, -0.2) is 8.42 Å². The number of amides is 3. The number of ether oxygens (including phenoxy) is 2. The molecule has 0 radical (unpaired) electrons. The number of nitrogens with two attached hydrogens (primary N) is 1. The highest BCUT2D eigenvalue weighted by atomic mass is 32.2. The molecular formula is C36H52N8O12S2. The third kappa shape index (κ3) is 11.4. The molecule has 0 aromatic heterocycles. The van der Waals surface area contributed by atoms with Gasteiger partial charge < -0.3 is 36.1 Å². The van der Waals surface area contributed by atoms with E-state index in [2.05, 4.69) is 20.3 Å². The van der Waals surface area contributed by atoms with E-state index in [1.165, 1.54) is 19.2 Å². The molecule has 0 aliphatic carbocycles. The summed E-state index contributed by atoms with van der Waals surface area (Å²) in [5.74, 6) is -3.00. The van der Waals surface area contributed by atoms with Gasteiger partial charge in [-0.05, 0) is 77.1 Å². The summed E-state index contributed by atoms with van der Waals surface area (Å²) in [7, 11) is -6.63. The van der Waals surface area contributed by atoms with Gasteiger partial charge in [0.1, 0.15) is 30.0 Å². The first kappa shape index (κ1) is 47.0. The highest BCUT2D eigenvalue weighted by molar-refractivity contribution is 7.90. The van der Waals surface area contributed by atoms with Crippen LogP contribution < -0.4 is 26.4 Å². The molecule has 2 aromatic carbocycles. The van der Waals surface area contributed by atoms with E-state index in [1.807, 2.05) is 13.8 Å². The van der Waals surface area contributed by atoms with Crippen molar-refractivity contribution in [2.24, 2.45) is 10.1 Å². The number of nitro benzene ring substituents is 1. The predicted molar refractivity (Wildman–Crippen MR) is 212 cm³/mol. The Kier molecular flexibility index (Phi) is 15.4. The topological polar surface area (TPSA) is 279 Å². The summed E-state index contributed by atoms with van der Waals surface area (Å²) in [4.78, 5) is 62.6. The molecule has 3 amide bonds. The van der Waals surface area contributed by atoms with Crippen molar-refractivity contribution in [3.63, 3.8) is 0 Å². The molecule has 0 saturated heterocycles. The van der Waals surface area contributed by atoms with Gasteiger partial charge in [0, 0.05) is 52.2 Å². The standard InChI is InChI=1S/C36H52N8O12S2/c1-10-55-30(46)20-42(8)34(48)27(19-43(9)58(53,54)29-16-12-11-15-28(29)44(49)50)40-33(47)26(39-24(5)45)14-13-17-38-35(37)41-57(51,52)32-22(3)21(2)31-25(23(32)4)18-36(6,7)56-31/h11-12,15-16,26-27H,10,13-14,17-20H2,1-9H3,(H,39,45)(H,40,47)(H3,37,38,41). The van der Waals surface area contributed by atoms with E-state index < -0.39 is 96.0 Å². The van der Waals surface area contributed by atoms with E-state index >= 15 is 0 Å². The monoisotopic (exact) mass is 852 g/mol. The van der Waals surface area contributed by atoms with Crippen LogP contribution in [-0.4, -0.2) is 119 Å². The lowest BCUT2D eigenvalue weighted by molar-refractivity contribution is -0.387. The number of nitrogens with one attached hydrogen (secondary N) is 3. The molecule has 3 rings (SSSR count). The molecule has 2 atom stereocenters. The van der Waals surface area contributed by atoms with Gasteiger partial charge in [-0.1, -0.05) is 12.1 Å². The van der Waals surface area contributed by atoms with Crippen LogP contribution in [0.3, 0.4) is 0 Å². The minimum atomic E-state index is -4.62. The van der Waals surface area contributed by atoms with Crippen LogP contribution in [0.1, 0.15) is 62.8 Å². The number of esters is 1. The summed E-state index contributed by atoms with van der Waals surface area (Å²) in [6.45, 7) is 10.4. The first-order valence-electron chi connectivity index (χ1n) is 18.2. The Bertz CT molecular complexity index is 2190. The molecule has 2 aromatic rings. The van der Waals surface area contributed by atoms with Gasteiger partial charge in [0.2, 0.25) is 33.7 Å². The molecule has 1 aliphatic rings. The largest absolute Gasteiger partial charge is 0.487 e. The SMILES string of the molecule is CCOC(=O)CN(C)C(=O)C(CN(C)S(=O)(=O)c1ccccc1[N+](=O)[O-])NC(=O)C(CCCNC(N)=NS(=O)(=O)c1c(C)c(C)c2c(c1C)CC(C)(C)O2)NC(C)=O. The zero-order valence-electron chi connectivity index (χ0n) is 34.0. The number of guanidine groups is 1. The molecule has 0 saturated carbocycles. The maximum Gasteiger partial charge on any atom is 0.325 e. The van der Waals surface area contributed by atoms with E-state index in [9.17, 15) is 46.1 Å². The second-order valence-corrected chi connectivity index (χ2v) is 17.9. The fourth-order valence-corrected chi connectivity index (χ4v) is 9.23. The van der Waals surface area contributed by atoms with Gasteiger partial charge in [0.15, 0.2) is 4.90 Å². The number of benzene rings is 2. The minimum absolute atomic E-state index is 0.0144. The van der Waals surface area contributed by atoms with Crippen molar-refractivity contribution in [1.82, 2.24) is 25.2 Å². The van der Waals surface area contributed by atoms with Crippen LogP contribution in [0.25, 0.3) is 0 Å². The van der Waals surface area contributed by atoms with Crippen LogP contribution in [0, 0.1) is 30.9 Å². The van der Waals surface area contributed by atoms with Gasteiger partial charge in [0.05, 0.1) is 16.4 Å². The molecule has 320 valence electrons. The lowest BCUT2D eigenvalue weighted by Crippen LogP contribution is -2.57. The summed E-state index contributed by atoms with van der Waals surface area (Å²) in [5, 5.41) is 19.2. The Hall–Kier alpha value is -5.35. The molecule has 58 heavy (non-hydrogen) atoms. The van der Waals surface area contributed by atoms with E-state index in [4.69, 9.17) is 15.2 Å². The average Bonchev–Trinajstić information content (AvgIpc) is 3.46. The molecule has 0 fully saturated rings. The number of carbonyl (C=O) groups excluding carboxylic acids is 4. The van der Waals surface area contributed by atoms with Gasteiger partial charge in [0.25, 0.3) is 15.7 Å². The molecule has 20 nitrogen and oxygen atoms in total. The Morgan fingerprint density at radius 2 is 1.67 bits per heavy atom. The molecular weight excluding hydrogens is 801 g/mol. The second kappa shape index (κ2) is 18.9. The van der Waals surface area contributed by atoms with Crippen molar-refractivity contribution < 1.29 is 50.4 Å². The summed E-state index contributed by atoms with van der Waals surface area (Å²) in [5.41, 5.74) is 7.21. The lowest BCUT2D eigenvalue weighted by Gasteiger charge is -2.29. The molecule has 5 N–H and O–H groups in total. The van der Waals surface area contributed by atoms with Crippen LogP contribution in [0.2, 0.25) is 0 Å². The highest BCUT2D eigenvalue weighted by Crippen LogP contribution is 2.44. The summed E-state index contributed by atoms with van der Waals surface area (Å²) < 4.78 is 69.5. The maximum atomic E-state index is 13.7. The normalized spacial score (nSPS) is 14.8. The van der Waals surface area contributed by atoms with Gasteiger partial charge in [-0.2, -0.15) is 12.7 Å². The van der Waals surface area contributed by atoms with Crippen LogP contribution >= 0.6 is 0 Å². The summed E-state index contributed by atoms with van der Waals surface area (Å²) >= 11 is 0. The third-order valence-electron chi connectivity index (χ3n) is 9.29. The van der Waals surface area contributed by atoms with E-state index in [-0.39, 0.29) is 30.9 Å². The van der Waals surface area contributed by atoms with Gasteiger partial charge in [-0.3, -0.25) is 29.3 Å². The number of rotatable bonds is 18. The molecule has 22 heteroatoms. The molecule has 2 unspecified atom stereocenters. The molecule has 0 spiro atoms. The number of likely N-dealkylation sites (N-methyl/N-ethyl adjacent to an activating group) is 2. The van der Waals surface area contributed by atoms with Crippen LogP contribution in [0.5, 0.6) is 5.75 Å². The quantitative estimate of drug-likeness (QED) is 0.0406. The van der Waals surface area contributed by atoms with Crippen LogP contribution in [-0.2, 0) is 50.4 Å². The van der Waals surface area contributed by atoms with Crippen molar-refractivity contribution >= 4 is 55.4 Å². The second-order valence-electron chi connectivity index (χ2n) is 14.4. The fourth-order valence-electron chi connectivity index (χ4n) is 6.43. The van der Waals surface area contributed by atoms with Crippen molar-refractivity contribution in [3.05, 3.63) is 56.6 Å². The van der Waals surface area contributed by atoms with Gasteiger partial charge >= 0.3 is 5.97 Å². The van der Waals surface area contributed by atoms with Crippen molar-refractivity contribution in [2.75, 3.05) is 40.3 Å². The number of para-hydroxylation sites is 1. The first-order valence-corrected chi connectivity index (χ1v) is 21.1. The number of nitro groups is 1. The van der Waals surface area contributed by atoms with E-state index in [0.29, 0.717) is 33.2 Å². The van der Waals surface area contributed by atoms with Crippen molar-refractivity contribution in [3.8, 4) is 5.75 Å². The number of sulfonamides is 2. The Balaban J connectivity index is 1.80. The predicted octanol–water partition coefficient (Wildman–Crippen LogP) is 0.938. The van der Waals surface area contributed by atoms with Gasteiger partial charge in [-0.15, -0.1) is 4.40 Å². The number of carbonyl (C=O) groups is 4. The number of nitrogens with zero attached hydrogens (tertiary/aromatic N) is 4. The van der Waals surface area contributed by atoms with Crippen LogP contribution in [0.15, 0.2) is 38.5 Å². The highest BCUT2D eigenvalue weighted by Gasteiger charge is 2.38. The summed E-state index contributed by atoms with van der Waals surface area (Å²) in [6.07, 6.45) is 0.524. The van der Waals surface area contributed by atoms with E-state index in [1.54, 1.807) is 27.7 Å². The minimum Gasteiger partial charge on any atom is -0.487 e. The first-order chi connectivity index (χ1) is 26.8. The fraction of sp³-hybridized carbons (Fsp3) is 0.528. The molecule has 0 bridgehead atoms. The number of hydrogen-bond acceptors (Lipinski definition) is 12. The molecule has 1 heterocycles. The lowest BCUT2D eigenvalue weighted by atomic mass is 9.94. The van der Waals surface area contributed by atoms with E-state index in [0.717, 1.165) is 36.6 Å². The molecule has 1 aliphatic heterocycles. The van der Waals surface area contributed by atoms with Crippen molar-refractivity contribution in [1.29, 1.82) is 0 Å². The third-order valence-corrected chi connectivity index (χ3v) is 12.7. The Morgan fingerprint density at radius 3 is 2.28 bits per heavy atom. The van der Waals surface area contributed by atoms with Crippen LogP contribution in [0.4, 0.5) is 5.69 Å². The Labute approximate surface area is 338 Å². The maximum absolute atomic E-state index is 13.7. The smallest absolute Gasteiger partial charge is 0.325 e. The Morgan fingerprint density at radius 1 is 1.03 bits per heavy atom. The average molecular weight is 853 g/mol. The number of fused-ring (bicyclic) bond motifs is 1. The van der Waals surface area contributed by atoms with Crippen molar-refractivity contribution in [2.45, 2.75) is 95.2 Å².